The molecule has 0 aliphatic rings. The summed E-state index contributed by atoms with van der Waals surface area (Å²) in [5.41, 5.74) is 2.15. The summed E-state index contributed by atoms with van der Waals surface area (Å²) < 4.78 is 6.40. The van der Waals surface area contributed by atoms with Gasteiger partial charge in [-0.3, -0.25) is 0 Å². The summed E-state index contributed by atoms with van der Waals surface area (Å²) in [6.07, 6.45) is -0.801. The molecule has 6 heteroatoms. The van der Waals surface area contributed by atoms with E-state index in [2.05, 4.69) is 0 Å². The number of carbonyl (C=O) groups is 1. The number of ether oxygens (including phenoxy) is 1. The standard InChI is InChI=1S/C19H16Cl2O3S/c1-3-13(19(22)23)24-14-9-12-10(2)17(11-7-5-4-6-8-11)25-18(12)16(21)15(14)20/h4-9,13H,3H2,1-2H3,(H,22,23)/p-1. The molecule has 3 rings (SSSR count). The first kappa shape index (κ1) is 18.1. The first-order chi connectivity index (χ1) is 11.9. The van der Waals surface area contributed by atoms with E-state index < -0.39 is 12.1 Å². The predicted molar refractivity (Wildman–Crippen MR) is 102 cm³/mol. The molecule has 1 unspecified atom stereocenters. The minimum Gasteiger partial charge on any atom is -0.546 e. The van der Waals surface area contributed by atoms with Gasteiger partial charge in [-0.15, -0.1) is 11.3 Å². The molecule has 0 bridgehead atoms. The van der Waals surface area contributed by atoms with Gasteiger partial charge in [0, 0.05) is 10.3 Å². The van der Waals surface area contributed by atoms with Gasteiger partial charge >= 0.3 is 0 Å². The maximum absolute atomic E-state index is 11.1. The Kier molecular flexibility index (Phi) is 5.23. The van der Waals surface area contributed by atoms with Gasteiger partial charge in [0.1, 0.15) is 16.9 Å². The first-order valence-electron chi connectivity index (χ1n) is 7.78. The van der Waals surface area contributed by atoms with Gasteiger partial charge in [0.15, 0.2) is 0 Å². The number of halogens is 2. The Labute approximate surface area is 159 Å². The summed E-state index contributed by atoms with van der Waals surface area (Å²) in [6.45, 7) is 3.71. The second-order valence-corrected chi connectivity index (χ2v) is 7.41. The van der Waals surface area contributed by atoms with Crippen molar-refractivity contribution in [1.29, 1.82) is 0 Å². The zero-order chi connectivity index (χ0) is 18.1. The molecule has 130 valence electrons. The van der Waals surface area contributed by atoms with Gasteiger partial charge in [0.05, 0.1) is 15.7 Å². The van der Waals surface area contributed by atoms with Crippen molar-refractivity contribution in [2.75, 3.05) is 0 Å². The van der Waals surface area contributed by atoms with E-state index in [4.69, 9.17) is 27.9 Å². The van der Waals surface area contributed by atoms with Crippen LogP contribution in [0, 0.1) is 6.92 Å². The molecule has 0 spiro atoms. The molecule has 1 heterocycles. The Morgan fingerprint density at radius 1 is 1.24 bits per heavy atom. The number of hydrogen-bond acceptors (Lipinski definition) is 4. The Hall–Kier alpha value is -1.75. The molecular formula is C19H15Cl2O3S-. The van der Waals surface area contributed by atoms with Crippen molar-refractivity contribution >= 4 is 50.6 Å². The molecule has 2 aromatic carbocycles. The van der Waals surface area contributed by atoms with Crippen LogP contribution >= 0.6 is 34.5 Å². The van der Waals surface area contributed by atoms with Crippen molar-refractivity contribution in [2.24, 2.45) is 0 Å². The number of rotatable bonds is 5. The van der Waals surface area contributed by atoms with Crippen LogP contribution in [0.15, 0.2) is 36.4 Å². The van der Waals surface area contributed by atoms with Crippen LogP contribution < -0.4 is 9.84 Å². The number of aryl methyl sites for hydroxylation is 1. The molecule has 0 aliphatic heterocycles. The monoisotopic (exact) mass is 393 g/mol. The van der Waals surface area contributed by atoms with E-state index >= 15 is 0 Å². The molecule has 1 atom stereocenters. The van der Waals surface area contributed by atoms with Gasteiger partial charge in [-0.05, 0) is 30.5 Å². The predicted octanol–water partition coefficient (Wildman–Crippen LogP) is 5.09. The van der Waals surface area contributed by atoms with Gasteiger partial charge in [-0.1, -0.05) is 60.5 Å². The van der Waals surface area contributed by atoms with Crippen molar-refractivity contribution in [3.8, 4) is 16.2 Å². The SMILES string of the molecule is CCC(Oc1cc2c(C)c(-c3ccccc3)sc2c(Cl)c1Cl)C(=O)[O-]. The van der Waals surface area contributed by atoms with E-state index in [0.717, 1.165) is 26.1 Å². The van der Waals surface area contributed by atoms with E-state index in [-0.39, 0.29) is 17.2 Å². The van der Waals surface area contributed by atoms with E-state index in [1.807, 2.05) is 37.3 Å². The average molecular weight is 394 g/mol. The fourth-order valence-corrected chi connectivity index (χ4v) is 4.46. The van der Waals surface area contributed by atoms with Crippen LogP contribution in [0.4, 0.5) is 0 Å². The number of benzene rings is 2. The van der Waals surface area contributed by atoms with Gasteiger partial charge in [-0.2, -0.15) is 0 Å². The minimum atomic E-state index is -1.28. The molecule has 25 heavy (non-hydrogen) atoms. The summed E-state index contributed by atoms with van der Waals surface area (Å²) in [7, 11) is 0. The average Bonchev–Trinajstić information content (AvgIpc) is 2.94. The van der Waals surface area contributed by atoms with Crippen LogP contribution in [0.1, 0.15) is 18.9 Å². The highest BCUT2D eigenvalue weighted by Gasteiger charge is 2.20. The number of carbonyl (C=O) groups excluding carboxylic acids is 1. The Morgan fingerprint density at radius 2 is 1.92 bits per heavy atom. The van der Waals surface area contributed by atoms with Crippen molar-refractivity contribution in [3.05, 3.63) is 52.0 Å². The van der Waals surface area contributed by atoms with Crippen molar-refractivity contribution in [3.63, 3.8) is 0 Å². The highest BCUT2D eigenvalue weighted by molar-refractivity contribution is 7.23. The minimum absolute atomic E-state index is 0.217. The number of carboxylic acid groups (broad SMARTS) is 1. The molecule has 0 aliphatic carbocycles. The topological polar surface area (TPSA) is 49.4 Å². The molecule has 3 aromatic rings. The molecule has 1 aromatic heterocycles. The van der Waals surface area contributed by atoms with Crippen LogP contribution in [0.25, 0.3) is 20.5 Å². The number of thiophene rings is 1. The molecular weight excluding hydrogens is 379 g/mol. The lowest BCUT2D eigenvalue weighted by atomic mass is 10.1. The Balaban J connectivity index is 2.15. The van der Waals surface area contributed by atoms with Gasteiger partial charge in [-0.25, -0.2) is 0 Å². The maximum atomic E-state index is 11.1. The summed E-state index contributed by atoms with van der Waals surface area (Å²) in [5.74, 6) is -1.02. The molecule has 0 N–H and O–H groups in total. The highest BCUT2D eigenvalue weighted by Crippen LogP contribution is 2.47. The highest BCUT2D eigenvalue weighted by atomic mass is 35.5. The van der Waals surface area contributed by atoms with Crippen LogP contribution in [-0.2, 0) is 4.79 Å². The molecule has 0 fully saturated rings. The smallest absolute Gasteiger partial charge is 0.141 e. The third kappa shape index (κ3) is 3.34. The lowest BCUT2D eigenvalue weighted by molar-refractivity contribution is -0.313. The van der Waals surface area contributed by atoms with E-state index in [1.54, 1.807) is 24.3 Å². The maximum Gasteiger partial charge on any atom is 0.141 e. The number of hydrogen-bond donors (Lipinski definition) is 0. The fraction of sp³-hybridized carbons (Fsp3) is 0.211. The quantitative estimate of drug-likeness (QED) is 0.606. The fourth-order valence-electron chi connectivity index (χ4n) is 2.67. The van der Waals surface area contributed by atoms with Crippen LogP contribution in [0.5, 0.6) is 5.75 Å². The van der Waals surface area contributed by atoms with Gasteiger partial charge < -0.3 is 14.6 Å². The normalized spacial score (nSPS) is 12.3. The zero-order valence-electron chi connectivity index (χ0n) is 13.6. The van der Waals surface area contributed by atoms with Crippen molar-refractivity contribution in [1.82, 2.24) is 0 Å². The summed E-state index contributed by atoms with van der Waals surface area (Å²) >= 11 is 14.3. The molecule has 0 amide bonds. The van der Waals surface area contributed by atoms with Crippen molar-refractivity contribution in [2.45, 2.75) is 26.4 Å². The summed E-state index contributed by atoms with van der Waals surface area (Å²) in [5, 5.41) is 12.6. The lowest BCUT2D eigenvalue weighted by Gasteiger charge is -2.19. The third-order valence-electron chi connectivity index (χ3n) is 4.02. The largest absolute Gasteiger partial charge is 0.546 e. The van der Waals surface area contributed by atoms with Gasteiger partial charge in [0.2, 0.25) is 0 Å². The molecule has 3 nitrogen and oxygen atoms in total. The number of aliphatic carboxylic acids is 1. The number of carboxylic acids is 1. The molecule has 0 saturated heterocycles. The Morgan fingerprint density at radius 3 is 2.52 bits per heavy atom. The van der Waals surface area contributed by atoms with E-state index in [1.165, 1.54) is 0 Å². The van der Waals surface area contributed by atoms with E-state index in [0.29, 0.717) is 5.02 Å². The summed E-state index contributed by atoms with van der Waals surface area (Å²) in [4.78, 5) is 12.2. The second-order valence-electron chi connectivity index (χ2n) is 5.64. The third-order valence-corrected chi connectivity index (χ3v) is 6.35. The summed E-state index contributed by atoms with van der Waals surface area (Å²) in [6, 6.07) is 11.8. The lowest BCUT2D eigenvalue weighted by Crippen LogP contribution is -2.39. The van der Waals surface area contributed by atoms with Crippen LogP contribution in [0.3, 0.4) is 0 Å². The Bertz CT molecular complexity index is 935. The zero-order valence-corrected chi connectivity index (χ0v) is 16.0. The van der Waals surface area contributed by atoms with E-state index in [9.17, 15) is 9.90 Å². The van der Waals surface area contributed by atoms with Gasteiger partial charge in [0.25, 0.3) is 0 Å². The molecule has 0 radical (unpaired) electrons. The van der Waals surface area contributed by atoms with Crippen LogP contribution in [0.2, 0.25) is 10.0 Å². The first-order valence-corrected chi connectivity index (χ1v) is 9.35. The molecule has 0 saturated carbocycles. The second kappa shape index (κ2) is 7.24. The van der Waals surface area contributed by atoms with Crippen molar-refractivity contribution < 1.29 is 14.6 Å². The van der Waals surface area contributed by atoms with Crippen LogP contribution in [-0.4, -0.2) is 12.1 Å². The number of fused-ring (bicyclic) bond motifs is 1.